The summed E-state index contributed by atoms with van der Waals surface area (Å²) in [4.78, 5) is 12.9. The summed E-state index contributed by atoms with van der Waals surface area (Å²) < 4.78 is 1.11. The third kappa shape index (κ3) is 2.42. The molecule has 1 N–H and O–H groups in total. The molecule has 3 aromatic rings. The molecule has 3 heteroatoms. The first kappa shape index (κ1) is 12.5. The first-order valence-corrected chi connectivity index (χ1v) is 6.94. The fourth-order valence-electron chi connectivity index (χ4n) is 1.97. The van der Waals surface area contributed by atoms with Crippen molar-refractivity contribution in [2.24, 2.45) is 0 Å². The minimum atomic E-state index is -0.111. The molecule has 0 unspecified atom stereocenters. The summed E-state index contributed by atoms with van der Waals surface area (Å²) in [5.41, 5.74) is 1.46. The van der Waals surface area contributed by atoms with Crippen molar-refractivity contribution in [1.82, 2.24) is 0 Å². The van der Waals surface area contributed by atoms with Gasteiger partial charge in [0, 0.05) is 16.0 Å². The van der Waals surface area contributed by atoms with Crippen LogP contribution in [0.15, 0.2) is 54.6 Å². The summed E-state index contributed by atoms with van der Waals surface area (Å²) in [6, 6.07) is 17.1. The number of carbonyl (C=O) groups is 1. The van der Waals surface area contributed by atoms with Gasteiger partial charge in [0.2, 0.25) is 0 Å². The van der Waals surface area contributed by atoms with E-state index in [-0.39, 0.29) is 5.91 Å². The third-order valence-electron chi connectivity index (χ3n) is 2.94. The highest BCUT2D eigenvalue weighted by atomic mass is 32.1. The van der Waals surface area contributed by atoms with Crippen molar-refractivity contribution in [1.29, 1.82) is 0 Å². The predicted octanol–water partition coefficient (Wildman–Crippen LogP) is 4.13. The smallest absolute Gasteiger partial charge is 0.265 e. The number of carbonyl (C=O) groups excluding carboxylic acids is 1. The van der Waals surface area contributed by atoms with Crippen LogP contribution in [0.3, 0.4) is 0 Å². The minimum Gasteiger partial charge on any atom is -0.321 e. The Morgan fingerprint density at radius 3 is 2.75 bits per heavy atom. The van der Waals surface area contributed by atoms with E-state index in [2.05, 4.69) is 11.2 Å². The molecular formula is C17H11NOS. The number of hydrogen-bond acceptors (Lipinski definition) is 2. The van der Waals surface area contributed by atoms with E-state index in [1.807, 2.05) is 48.5 Å². The molecule has 0 atom stereocenters. The van der Waals surface area contributed by atoms with Gasteiger partial charge in [-0.25, -0.2) is 0 Å². The zero-order valence-corrected chi connectivity index (χ0v) is 11.4. The lowest BCUT2D eigenvalue weighted by molar-refractivity contribution is 0.103. The van der Waals surface area contributed by atoms with Crippen LogP contribution in [0.25, 0.3) is 10.1 Å². The van der Waals surface area contributed by atoms with Crippen LogP contribution in [-0.4, -0.2) is 5.91 Å². The van der Waals surface area contributed by atoms with Crippen LogP contribution in [0.2, 0.25) is 0 Å². The lowest BCUT2D eigenvalue weighted by Gasteiger charge is -2.03. The quantitative estimate of drug-likeness (QED) is 0.701. The lowest BCUT2D eigenvalue weighted by atomic mass is 10.2. The molecule has 96 valence electrons. The Balaban J connectivity index is 1.87. The number of hydrogen-bond donors (Lipinski definition) is 1. The Morgan fingerprint density at radius 1 is 1.10 bits per heavy atom. The first-order chi connectivity index (χ1) is 9.76. The van der Waals surface area contributed by atoms with E-state index in [4.69, 9.17) is 6.42 Å². The Bertz CT molecular complexity index is 793. The molecule has 0 bridgehead atoms. The maximum Gasteiger partial charge on any atom is 0.265 e. The molecule has 0 aliphatic rings. The Labute approximate surface area is 121 Å². The van der Waals surface area contributed by atoms with E-state index in [9.17, 15) is 4.79 Å². The van der Waals surface area contributed by atoms with Gasteiger partial charge in [-0.3, -0.25) is 4.79 Å². The van der Waals surface area contributed by atoms with Gasteiger partial charge in [-0.1, -0.05) is 30.2 Å². The molecule has 1 heterocycles. The summed E-state index contributed by atoms with van der Waals surface area (Å²) in [6.45, 7) is 0. The number of amides is 1. The summed E-state index contributed by atoms with van der Waals surface area (Å²) in [7, 11) is 0. The van der Waals surface area contributed by atoms with E-state index >= 15 is 0 Å². The number of terminal acetylenes is 1. The first-order valence-electron chi connectivity index (χ1n) is 6.13. The van der Waals surface area contributed by atoms with Crippen molar-refractivity contribution in [3.05, 3.63) is 65.0 Å². The van der Waals surface area contributed by atoms with Crippen LogP contribution in [0.4, 0.5) is 5.69 Å². The highest BCUT2D eigenvalue weighted by molar-refractivity contribution is 7.20. The Morgan fingerprint density at radius 2 is 1.95 bits per heavy atom. The second-order valence-corrected chi connectivity index (χ2v) is 5.41. The van der Waals surface area contributed by atoms with Gasteiger partial charge in [0.05, 0.1) is 4.88 Å². The van der Waals surface area contributed by atoms with Crippen molar-refractivity contribution in [3.8, 4) is 12.3 Å². The van der Waals surface area contributed by atoms with Crippen LogP contribution < -0.4 is 5.32 Å². The molecule has 20 heavy (non-hydrogen) atoms. The zero-order chi connectivity index (χ0) is 13.9. The average Bonchev–Trinajstić information content (AvgIpc) is 2.91. The Kier molecular flexibility index (Phi) is 3.24. The lowest BCUT2D eigenvalue weighted by Crippen LogP contribution is -2.09. The van der Waals surface area contributed by atoms with E-state index < -0.39 is 0 Å². The molecule has 3 rings (SSSR count). The summed E-state index contributed by atoms with van der Waals surface area (Å²) in [5.74, 6) is 2.44. The minimum absolute atomic E-state index is 0.111. The van der Waals surface area contributed by atoms with Gasteiger partial charge in [0.25, 0.3) is 5.91 Å². The Hall–Kier alpha value is -2.57. The van der Waals surface area contributed by atoms with Crippen molar-refractivity contribution in [2.45, 2.75) is 0 Å². The fraction of sp³-hybridized carbons (Fsp3) is 0. The highest BCUT2D eigenvalue weighted by Gasteiger charge is 2.10. The monoisotopic (exact) mass is 277 g/mol. The highest BCUT2D eigenvalue weighted by Crippen LogP contribution is 2.26. The van der Waals surface area contributed by atoms with E-state index in [1.165, 1.54) is 11.3 Å². The molecule has 0 radical (unpaired) electrons. The average molecular weight is 277 g/mol. The summed E-state index contributed by atoms with van der Waals surface area (Å²) in [5, 5.41) is 3.95. The summed E-state index contributed by atoms with van der Waals surface area (Å²) >= 11 is 1.48. The largest absolute Gasteiger partial charge is 0.321 e. The normalized spacial score (nSPS) is 10.2. The van der Waals surface area contributed by atoms with E-state index in [0.717, 1.165) is 15.6 Å². The fourth-order valence-corrected chi connectivity index (χ4v) is 2.93. The number of rotatable bonds is 2. The molecule has 0 fully saturated rings. The maximum atomic E-state index is 12.2. The number of thiophene rings is 1. The van der Waals surface area contributed by atoms with Gasteiger partial charge < -0.3 is 5.32 Å². The second kappa shape index (κ2) is 5.20. The molecule has 0 aliphatic carbocycles. The van der Waals surface area contributed by atoms with Crippen molar-refractivity contribution < 1.29 is 4.79 Å². The van der Waals surface area contributed by atoms with E-state index in [0.29, 0.717) is 10.6 Å². The van der Waals surface area contributed by atoms with Crippen molar-refractivity contribution in [2.75, 3.05) is 5.32 Å². The number of anilines is 1. The van der Waals surface area contributed by atoms with E-state index in [1.54, 1.807) is 6.07 Å². The molecule has 0 aliphatic heterocycles. The molecule has 0 saturated carbocycles. The molecule has 2 aromatic carbocycles. The zero-order valence-electron chi connectivity index (χ0n) is 10.6. The van der Waals surface area contributed by atoms with Crippen molar-refractivity contribution in [3.63, 3.8) is 0 Å². The van der Waals surface area contributed by atoms with Crippen molar-refractivity contribution >= 4 is 33.0 Å². The molecule has 0 spiro atoms. The SMILES string of the molecule is C#Cc1cccc(NC(=O)c2cc3ccccc3s2)c1. The van der Waals surface area contributed by atoms with Gasteiger partial charge in [0.1, 0.15) is 0 Å². The van der Waals surface area contributed by atoms with Crippen LogP contribution in [0.5, 0.6) is 0 Å². The van der Waals surface area contributed by atoms with Gasteiger partial charge >= 0.3 is 0 Å². The molecule has 0 saturated heterocycles. The molecular weight excluding hydrogens is 266 g/mol. The number of nitrogens with one attached hydrogen (secondary N) is 1. The van der Waals surface area contributed by atoms with Crippen LogP contribution >= 0.6 is 11.3 Å². The summed E-state index contributed by atoms with van der Waals surface area (Å²) in [6.07, 6.45) is 5.35. The van der Waals surface area contributed by atoms with Gasteiger partial charge in [-0.05, 0) is 35.7 Å². The number of fused-ring (bicyclic) bond motifs is 1. The van der Waals surface area contributed by atoms with Gasteiger partial charge in [-0.15, -0.1) is 17.8 Å². The molecule has 1 aromatic heterocycles. The maximum absolute atomic E-state index is 12.2. The van der Waals surface area contributed by atoms with Crippen LogP contribution in [-0.2, 0) is 0 Å². The van der Waals surface area contributed by atoms with Crippen LogP contribution in [0.1, 0.15) is 15.2 Å². The number of benzene rings is 2. The standard InChI is InChI=1S/C17H11NOS/c1-2-12-6-5-8-14(10-12)18-17(19)16-11-13-7-3-4-9-15(13)20-16/h1,3-11H,(H,18,19). The third-order valence-corrected chi connectivity index (χ3v) is 4.05. The van der Waals surface area contributed by atoms with Crippen LogP contribution in [0, 0.1) is 12.3 Å². The predicted molar refractivity (Wildman–Crippen MR) is 84.2 cm³/mol. The molecule has 2 nitrogen and oxygen atoms in total. The topological polar surface area (TPSA) is 29.1 Å². The van der Waals surface area contributed by atoms with Gasteiger partial charge in [0.15, 0.2) is 0 Å². The molecule has 1 amide bonds. The second-order valence-electron chi connectivity index (χ2n) is 4.33. The van der Waals surface area contributed by atoms with Gasteiger partial charge in [-0.2, -0.15) is 0 Å².